The highest BCUT2D eigenvalue weighted by Crippen LogP contribution is 2.40. The van der Waals surface area contributed by atoms with Crippen molar-refractivity contribution in [1.82, 2.24) is 5.32 Å². The SMILES string of the molecule is CN1c2c(F)cccc2NC1[C@@]1(C)CCCN1.NC=O. The molecule has 1 fully saturated rings. The van der Waals surface area contributed by atoms with E-state index in [2.05, 4.69) is 23.3 Å². The summed E-state index contributed by atoms with van der Waals surface area (Å²) in [5, 5.41) is 6.96. The summed E-state index contributed by atoms with van der Waals surface area (Å²) >= 11 is 0. The first-order valence-corrected chi connectivity index (χ1v) is 6.72. The van der Waals surface area contributed by atoms with Gasteiger partial charge in [0.25, 0.3) is 0 Å². The number of hydrogen-bond acceptors (Lipinski definition) is 4. The number of anilines is 2. The fourth-order valence-corrected chi connectivity index (χ4v) is 3.10. The van der Waals surface area contributed by atoms with Crippen LogP contribution in [0.25, 0.3) is 0 Å². The van der Waals surface area contributed by atoms with Crippen LogP contribution in [0.5, 0.6) is 0 Å². The van der Waals surface area contributed by atoms with Crippen LogP contribution in [0.15, 0.2) is 18.2 Å². The number of likely N-dealkylation sites (N-methyl/N-ethyl adjacent to an activating group) is 1. The van der Waals surface area contributed by atoms with Gasteiger partial charge in [-0.2, -0.15) is 0 Å². The van der Waals surface area contributed by atoms with Crippen molar-refractivity contribution >= 4 is 17.8 Å². The second-order valence-corrected chi connectivity index (χ2v) is 5.38. The lowest BCUT2D eigenvalue weighted by atomic mass is 9.96. The second-order valence-electron chi connectivity index (χ2n) is 5.38. The molecular weight excluding hydrogens is 259 g/mol. The van der Waals surface area contributed by atoms with Gasteiger partial charge in [-0.25, -0.2) is 4.39 Å². The number of fused-ring (bicyclic) bond motifs is 1. The first kappa shape index (κ1) is 14.6. The number of nitrogens with zero attached hydrogens (tertiary/aromatic N) is 1. The number of nitrogens with one attached hydrogen (secondary N) is 2. The Balaban J connectivity index is 0.000000452. The zero-order chi connectivity index (χ0) is 14.8. The van der Waals surface area contributed by atoms with Gasteiger partial charge >= 0.3 is 0 Å². The first-order chi connectivity index (χ1) is 9.53. The molecular formula is C14H21FN4O. The Morgan fingerprint density at radius 2 is 2.25 bits per heavy atom. The van der Waals surface area contributed by atoms with Crippen molar-refractivity contribution in [3.05, 3.63) is 24.0 Å². The van der Waals surface area contributed by atoms with E-state index in [9.17, 15) is 4.39 Å². The summed E-state index contributed by atoms with van der Waals surface area (Å²) < 4.78 is 13.8. The summed E-state index contributed by atoms with van der Waals surface area (Å²) in [6, 6.07) is 5.21. The molecule has 1 amide bonds. The van der Waals surface area contributed by atoms with E-state index in [1.165, 1.54) is 12.5 Å². The zero-order valence-electron chi connectivity index (χ0n) is 11.8. The van der Waals surface area contributed by atoms with Crippen molar-refractivity contribution in [3.8, 4) is 0 Å². The highest BCUT2D eigenvalue weighted by Gasteiger charge is 2.43. The molecule has 5 nitrogen and oxygen atoms in total. The monoisotopic (exact) mass is 280 g/mol. The number of primary amides is 1. The molecule has 1 aromatic rings. The predicted molar refractivity (Wildman–Crippen MR) is 78.1 cm³/mol. The van der Waals surface area contributed by atoms with Crippen molar-refractivity contribution in [2.45, 2.75) is 31.5 Å². The third-order valence-electron chi connectivity index (χ3n) is 4.02. The number of benzene rings is 1. The second kappa shape index (κ2) is 5.66. The van der Waals surface area contributed by atoms with Crippen molar-refractivity contribution in [3.63, 3.8) is 0 Å². The maximum absolute atomic E-state index is 13.8. The minimum atomic E-state index is -0.151. The highest BCUT2D eigenvalue weighted by atomic mass is 19.1. The molecule has 1 aromatic carbocycles. The Morgan fingerprint density at radius 1 is 1.55 bits per heavy atom. The number of carbonyl (C=O) groups is 1. The van der Waals surface area contributed by atoms with E-state index >= 15 is 0 Å². The van der Waals surface area contributed by atoms with E-state index in [0.717, 1.165) is 18.7 Å². The van der Waals surface area contributed by atoms with E-state index < -0.39 is 0 Å². The Morgan fingerprint density at radius 3 is 2.80 bits per heavy atom. The van der Waals surface area contributed by atoms with Gasteiger partial charge in [0.05, 0.1) is 16.9 Å². The van der Waals surface area contributed by atoms with Crippen molar-refractivity contribution in [2.75, 3.05) is 23.8 Å². The average Bonchev–Trinajstić information content (AvgIpc) is 2.97. The molecule has 0 saturated carbocycles. The van der Waals surface area contributed by atoms with Crippen LogP contribution < -0.4 is 21.3 Å². The summed E-state index contributed by atoms with van der Waals surface area (Å²) in [7, 11) is 1.96. The van der Waals surface area contributed by atoms with Gasteiger partial charge in [-0.15, -0.1) is 0 Å². The van der Waals surface area contributed by atoms with Crippen LogP contribution in [0, 0.1) is 5.82 Å². The van der Waals surface area contributed by atoms with E-state index in [1.807, 2.05) is 18.0 Å². The Kier molecular flexibility index (Phi) is 4.13. The molecule has 4 N–H and O–H groups in total. The lowest BCUT2D eigenvalue weighted by molar-refractivity contribution is -0.106. The van der Waals surface area contributed by atoms with E-state index in [0.29, 0.717) is 5.69 Å². The smallest absolute Gasteiger partial charge is 0.204 e. The standard InChI is InChI=1S/C13H18FN3.CH3NO/c1-13(7-4-8-15-13)12-16-10-6-3-5-9(14)11(10)17(12)2;2-1-3/h3,5-6,12,15-16H,4,7-8H2,1-2H3;1H,(H2,2,3)/t12?,13-;/m1./s1. The molecule has 2 aliphatic heterocycles. The molecule has 0 aromatic heterocycles. The number of rotatable bonds is 1. The lowest BCUT2D eigenvalue weighted by Crippen LogP contribution is -2.56. The van der Waals surface area contributed by atoms with E-state index in [-0.39, 0.29) is 23.9 Å². The minimum absolute atomic E-state index is 0.0141. The summed E-state index contributed by atoms with van der Waals surface area (Å²) in [4.78, 5) is 10.6. The zero-order valence-corrected chi connectivity index (χ0v) is 11.8. The Labute approximate surface area is 118 Å². The minimum Gasteiger partial charge on any atom is -0.372 e. The molecule has 2 aliphatic rings. The third kappa shape index (κ3) is 2.43. The summed E-state index contributed by atoms with van der Waals surface area (Å²) in [5.74, 6) is -0.151. The number of amides is 1. The van der Waals surface area contributed by atoms with Gasteiger partial charge in [0.2, 0.25) is 6.41 Å². The van der Waals surface area contributed by atoms with Gasteiger partial charge in [0.1, 0.15) is 12.0 Å². The molecule has 1 unspecified atom stereocenters. The van der Waals surface area contributed by atoms with Gasteiger partial charge in [0, 0.05) is 7.05 Å². The van der Waals surface area contributed by atoms with Crippen molar-refractivity contribution < 1.29 is 9.18 Å². The normalized spacial score (nSPS) is 27.4. The molecule has 3 rings (SSSR count). The Bertz CT molecular complexity index is 488. The Hall–Kier alpha value is -1.82. The maximum Gasteiger partial charge on any atom is 0.204 e. The van der Waals surface area contributed by atoms with Crippen LogP contribution in [0.2, 0.25) is 0 Å². The molecule has 2 atom stereocenters. The fraction of sp³-hybridized carbons (Fsp3) is 0.500. The topological polar surface area (TPSA) is 70.4 Å². The molecule has 0 aliphatic carbocycles. The molecule has 0 bridgehead atoms. The van der Waals surface area contributed by atoms with Crippen LogP contribution in [-0.2, 0) is 4.79 Å². The average molecular weight is 280 g/mol. The van der Waals surface area contributed by atoms with Crippen molar-refractivity contribution in [2.24, 2.45) is 5.73 Å². The van der Waals surface area contributed by atoms with Crippen molar-refractivity contribution in [1.29, 1.82) is 0 Å². The molecule has 110 valence electrons. The summed E-state index contributed by atoms with van der Waals surface area (Å²) in [6.45, 7) is 3.25. The number of hydrogen-bond donors (Lipinski definition) is 3. The van der Waals surface area contributed by atoms with Crippen LogP contribution >= 0.6 is 0 Å². The van der Waals surface area contributed by atoms with Gasteiger partial charge < -0.3 is 21.3 Å². The molecule has 1 saturated heterocycles. The van der Waals surface area contributed by atoms with Crippen LogP contribution in [-0.4, -0.2) is 31.7 Å². The first-order valence-electron chi connectivity index (χ1n) is 6.72. The molecule has 6 heteroatoms. The summed E-state index contributed by atoms with van der Waals surface area (Å²) in [5.41, 5.74) is 5.76. The number of nitrogens with two attached hydrogens (primary N) is 1. The molecule has 20 heavy (non-hydrogen) atoms. The van der Waals surface area contributed by atoms with Crippen LogP contribution in [0.3, 0.4) is 0 Å². The lowest BCUT2D eigenvalue weighted by Gasteiger charge is -2.37. The maximum atomic E-state index is 13.8. The molecule has 0 radical (unpaired) electrons. The van der Waals surface area contributed by atoms with Gasteiger partial charge in [0.15, 0.2) is 0 Å². The van der Waals surface area contributed by atoms with Gasteiger partial charge in [-0.05, 0) is 38.4 Å². The quantitative estimate of drug-likeness (QED) is 0.677. The van der Waals surface area contributed by atoms with E-state index in [4.69, 9.17) is 4.79 Å². The largest absolute Gasteiger partial charge is 0.372 e. The molecule has 0 spiro atoms. The molecule has 2 heterocycles. The predicted octanol–water partition coefficient (Wildman–Crippen LogP) is 1.26. The van der Waals surface area contributed by atoms with Crippen LogP contribution in [0.1, 0.15) is 19.8 Å². The fourth-order valence-electron chi connectivity index (χ4n) is 3.10. The van der Waals surface area contributed by atoms with Gasteiger partial charge in [-0.3, -0.25) is 4.79 Å². The number of para-hydroxylation sites is 1. The number of carbonyl (C=O) groups excluding carboxylic acids is 1. The van der Waals surface area contributed by atoms with E-state index in [1.54, 1.807) is 6.07 Å². The third-order valence-corrected chi connectivity index (χ3v) is 4.02. The van der Waals surface area contributed by atoms with Gasteiger partial charge in [-0.1, -0.05) is 6.07 Å². The van der Waals surface area contributed by atoms with Crippen LogP contribution in [0.4, 0.5) is 15.8 Å². The number of halogens is 1. The highest BCUT2D eigenvalue weighted by molar-refractivity contribution is 5.76. The summed E-state index contributed by atoms with van der Waals surface area (Å²) in [6.07, 6.45) is 2.67.